The Bertz CT molecular complexity index is 1910. The molecule has 254 valence electrons. The van der Waals surface area contributed by atoms with Crippen LogP contribution in [0, 0.1) is 6.92 Å². The van der Waals surface area contributed by atoms with Gasteiger partial charge in [0.1, 0.15) is 6.61 Å². The fraction of sp³-hybridized carbons (Fsp3) is 0.316. The Balaban J connectivity index is 1.11. The molecule has 0 radical (unpaired) electrons. The number of rotatable bonds is 10. The summed E-state index contributed by atoms with van der Waals surface area (Å²) < 4.78 is 6.49. The number of anilines is 3. The highest BCUT2D eigenvalue weighted by Gasteiger charge is 2.24. The van der Waals surface area contributed by atoms with Gasteiger partial charge in [0.25, 0.3) is 0 Å². The first-order valence-corrected chi connectivity index (χ1v) is 17.3. The van der Waals surface area contributed by atoms with Crippen LogP contribution in [0.25, 0.3) is 17.0 Å². The van der Waals surface area contributed by atoms with Gasteiger partial charge in [-0.25, -0.2) is 4.98 Å². The number of fused-ring (bicyclic) bond motifs is 1. The highest BCUT2D eigenvalue weighted by Crippen LogP contribution is 2.41. The van der Waals surface area contributed by atoms with Crippen molar-refractivity contribution in [1.82, 2.24) is 10.3 Å². The van der Waals surface area contributed by atoms with Crippen LogP contribution < -0.4 is 24.8 Å². The second kappa shape index (κ2) is 15.3. The Hall–Kier alpha value is -4.60. The number of para-hydroxylation sites is 1. The average molecular weight is 701 g/mol. The van der Waals surface area contributed by atoms with Crippen molar-refractivity contribution in [2.45, 2.75) is 45.6 Å². The van der Waals surface area contributed by atoms with Gasteiger partial charge < -0.3 is 24.8 Å². The lowest BCUT2D eigenvalue weighted by Gasteiger charge is -2.32. The average Bonchev–Trinajstić information content (AvgIpc) is 3.55. The molecular formula is C38H39Cl2N5O4. The second-order valence-corrected chi connectivity index (χ2v) is 13.1. The fourth-order valence-electron chi connectivity index (χ4n) is 6.35. The van der Waals surface area contributed by atoms with Gasteiger partial charge >= 0.3 is 0 Å². The quantitative estimate of drug-likeness (QED) is 0.174. The summed E-state index contributed by atoms with van der Waals surface area (Å²) in [6.07, 6.45) is 7.89. The number of aromatic nitrogens is 1. The van der Waals surface area contributed by atoms with Crippen molar-refractivity contribution in [2.24, 2.45) is 0 Å². The first kappa shape index (κ1) is 34.3. The first-order chi connectivity index (χ1) is 23.7. The summed E-state index contributed by atoms with van der Waals surface area (Å²) in [7, 11) is 1.60. The van der Waals surface area contributed by atoms with Crippen LogP contribution in [-0.2, 0) is 21.0 Å². The van der Waals surface area contributed by atoms with E-state index in [2.05, 4.69) is 16.3 Å². The van der Waals surface area contributed by atoms with E-state index in [0.29, 0.717) is 33.5 Å². The van der Waals surface area contributed by atoms with Gasteiger partial charge in [-0.1, -0.05) is 53.5 Å². The molecule has 1 aromatic heterocycles. The van der Waals surface area contributed by atoms with Crippen LogP contribution in [0.15, 0.2) is 66.7 Å². The predicted octanol–water partition coefficient (Wildman–Crippen LogP) is 7.34. The van der Waals surface area contributed by atoms with Crippen molar-refractivity contribution in [1.29, 1.82) is 0 Å². The third kappa shape index (κ3) is 7.68. The summed E-state index contributed by atoms with van der Waals surface area (Å²) in [5, 5.41) is 4.38. The molecule has 4 aromatic rings. The highest BCUT2D eigenvalue weighted by atomic mass is 35.5. The molecule has 0 unspecified atom stereocenters. The monoisotopic (exact) mass is 699 g/mol. The molecule has 0 saturated carbocycles. The van der Waals surface area contributed by atoms with E-state index >= 15 is 0 Å². The number of hydrogen-bond donors (Lipinski definition) is 1. The normalized spacial score (nSPS) is 14.9. The maximum Gasteiger partial charge on any atom is 0.246 e. The summed E-state index contributed by atoms with van der Waals surface area (Å²) in [6, 6.07) is 18.9. The molecule has 3 aromatic carbocycles. The van der Waals surface area contributed by atoms with Crippen molar-refractivity contribution >= 4 is 75.0 Å². The first-order valence-electron chi connectivity index (χ1n) is 16.6. The molecule has 11 heteroatoms. The van der Waals surface area contributed by atoms with Crippen molar-refractivity contribution in [2.75, 3.05) is 47.9 Å². The van der Waals surface area contributed by atoms with E-state index in [1.54, 1.807) is 30.2 Å². The van der Waals surface area contributed by atoms with E-state index in [1.807, 2.05) is 49.4 Å². The predicted molar refractivity (Wildman–Crippen MR) is 197 cm³/mol. The SMILES string of the molecule is Cc1nc2ccccc2c(N2CCCCC2)c1OCc1c(Cl)ccc(N(C)C(=O)CNC(=O)C=Cc2ccc(N3CCCC3=O)cc2)c1Cl. The van der Waals surface area contributed by atoms with Crippen LogP contribution in [0.4, 0.5) is 17.1 Å². The van der Waals surface area contributed by atoms with E-state index in [9.17, 15) is 14.4 Å². The van der Waals surface area contributed by atoms with Gasteiger partial charge in [-0.3, -0.25) is 14.4 Å². The number of benzene rings is 3. The van der Waals surface area contributed by atoms with E-state index in [0.717, 1.165) is 72.4 Å². The lowest BCUT2D eigenvalue weighted by molar-refractivity contribution is -0.122. The number of amides is 3. The molecule has 3 heterocycles. The van der Waals surface area contributed by atoms with Gasteiger partial charge in [0.2, 0.25) is 17.7 Å². The zero-order valence-electron chi connectivity index (χ0n) is 27.7. The third-order valence-corrected chi connectivity index (χ3v) is 9.82. The summed E-state index contributed by atoms with van der Waals surface area (Å²) in [4.78, 5) is 48.0. The van der Waals surface area contributed by atoms with Crippen LogP contribution in [0.2, 0.25) is 10.0 Å². The van der Waals surface area contributed by atoms with Crippen LogP contribution >= 0.6 is 23.2 Å². The summed E-state index contributed by atoms with van der Waals surface area (Å²) >= 11 is 13.5. The van der Waals surface area contributed by atoms with Gasteiger partial charge in [0.05, 0.1) is 34.2 Å². The number of nitrogens with one attached hydrogen (secondary N) is 1. The minimum absolute atomic E-state index is 0.0755. The van der Waals surface area contributed by atoms with E-state index in [-0.39, 0.29) is 25.0 Å². The number of carbonyl (C=O) groups is 3. The largest absolute Gasteiger partial charge is 0.485 e. The molecule has 2 aliphatic rings. The molecule has 6 rings (SSSR count). The van der Waals surface area contributed by atoms with Gasteiger partial charge in [-0.05, 0) is 74.6 Å². The van der Waals surface area contributed by atoms with Gasteiger partial charge in [-0.15, -0.1) is 0 Å². The van der Waals surface area contributed by atoms with Crippen LogP contribution in [-0.4, -0.2) is 55.9 Å². The van der Waals surface area contributed by atoms with Gasteiger partial charge in [0.15, 0.2) is 5.75 Å². The van der Waals surface area contributed by atoms with Crippen LogP contribution in [0.1, 0.15) is 48.9 Å². The highest BCUT2D eigenvalue weighted by molar-refractivity contribution is 6.38. The molecule has 3 amide bonds. The van der Waals surface area contributed by atoms with Crippen LogP contribution in [0.5, 0.6) is 5.75 Å². The minimum Gasteiger partial charge on any atom is -0.485 e. The fourth-order valence-corrected chi connectivity index (χ4v) is 6.96. The van der Waals surface area contributed by atoms with Crippen molar-refractivity contribution < 1.29 is 19.1 Å². The number of carbonyl (C=O) groups excluding carboxylic acids is 3. The van der Waals surface area contributed by atoms with E-state index in [4.69, 9.17) is 32.9 Å². The summed E-state index contributed by atoms with van der Waals surface area (Å²) in [5.41, 5.74) is 5.35. The van der Waals surface area contributed by atoms with Crippen molar-refractivity contribution in [3.8, 4) is 5.75 Å². The number of likely N-dealkylation sites (N-methyl/N-ethyl adjacent to an activating group) is 1. The molecule has 1 N–H and O–H groups in total. The Morgan fingerprint density at radius 1 is 0.980 bits per heavy atom. The Morgan fingerprint density at radius 2 is 1.73 bits per heavy atom. The zero-order chi connectivity index (χ0) is 34.5. The molecule has 2 fully saturated rings. The molecule has 2 saturated heterocycles. The Kier molecular flexibility index (Phi) is 10.7. The summed E-state index contributed by atoms with van der Waals surface area (Å²) in [5.74, 6) is 0.0355. The van der Waals surface area contributed by atoms with Gasteiger partial charge in [0, 0.05) is 60.8 Å². The van der Waals surface area contributed by atoms with E-state index < -0.39 is 5.91 Å². The molecule has 49 heavy (non-hydrogen) atoms. The molecule has 0 spiro atoms. The number of halogens is 2. The zero-order valence-corrected chi connectivity index (χ0v) is 29.2. The number of pyridine rings is 1. The topological polar surface area (TPSA) is 95.1 Å². The number of aryl methyl sites for hydroxylation is 1. The summed E-state index contributed by atoms with van der Waals surface area (Å²) in [6.45, 7) is 4.38. The van der Waals surface area contributed by atoms with Gasteiger partial charge in [-0.2, -0.15) is 0 Å². The maximum atomic E-state index is 13.1. The van der Waals surface area contributed by atoms with Crippen molar-refractivity contribution in [3.05, 3.63) is 93.6 Å². The lowest BCUT2D eigenvalue weighted by Crippen LogP contribution is -2.37. The number of piperidine rings is 1. The Labute approximate surface area is 296 Å². The second-order valence-electron chi connectivity index (χ2n) is 12.3. The number of hydrogen-bond acceptors (Lipinski definition) is 6. The third-order valence-electron chi connectivity index (χ3n) is 9.04. The molecule has 0 aliphatic carbocycles. The number of ether oxygens (including phenoxy) is 1. The molecule has 2 aliphatic heterocycles. The van der Waals surface area contributed by atoms with E-state index in [1.165, 1.54) is 17.4 Å². The smallest absolute Gasteiger partial charge is 0.246 e. The minimum atomic E-state index is -0.416. The Morgan fingerprint density at radius 3 is 2.47 bits per heavy atom. The molecule has 0 bridgehead atoms. The van der Waals surface area contributed by atoms with Crippen LogP contribution in [0.3, 0.4) is 0 Å². The molecule has 0 atom stereocenters. The maximum absolute atomic E-state index is 13.1. The molecular weight excluding hydrogens is 661 g/mol. The number of nitrogens with zero attached hydrogens (tertiary/aromatic N) is 4. The standard InChI is InChI=1S/C38H39Cl2N5O4/c1-25-38(37(44-20-6-3-7-21-44)28-9-4-5-10-31(28)42-25)49-24-29-30(39)17-18-32(36(29)40)43(2)35(48)23-41-33(46)19-14-26-12-15-27(16-13-26)45-22-8-11-34(45)47/h4-5,9-10,12-19H,3,6-8,11,20-24H2,1-2H3,(H,41,46). The lowest BCUT2D eigenvalue weighted by atomic mass is 10.1. The molecule has 9 nitrogen and oxygen atoms in total. The van der Waals surface area contributed by atoms with Crippen molar-refractivity contribution in [3.63, 3.8) is 0 Å².